The van der Waals surface area contributed by atoms with Gasteiger partial charge >= 0.3 is 0 Å². The molecule has 2 fully saturated rings. The van der Waals surface area contributed by atoms with Crippen molar-refractivity contribution in [3.8, 4) is 0 Å². The van der Waals surface area contributed by atoms with Crippen molar-refractivity contribution in [2.75, 3.05) is 13.1 Å². The van der Waals surface area contributed by atoms with Gasteiger partial charge in [-0.05, 0) is 44.7 Å². The summed E-state index contributed by atoms with van der Waals surface area (Å²) in [7, 11) is 0. The maximum Gasteiger partial charge on any atom is 0.272 e. The number of pyridine rings is 1. The van der Waals surface area contributed by atoms with E-state index in [-0.39, 0.29) is 11.3 Å². The molecule has 23 heavy (non-hydrogen) atoms. The van der Waals surface area contributed by atoms with Crippen LogP contribution in [-0.4, -0.2) is 39.6 Å². The van der Waals surface area contributed by atoms with Crippen LogP contribution >= 0.6 is 0 Å². The van der Waals surface area contributed by atoms with E-state index in [2.05, 4.69) is 4.98 Å². The minimum absolute atomic E-state index is 0.00423. The summed E-state index contributed by atoms with van der Waals surface area (Å²) >= 11 is 0. The van der Waals surface area contributed by atoms with Gasteiger partial charge in [0.05, 0.1) is 11.1 Å². The van der Waals surface area contributed by atoms with Gasteiger partial charge in [-0.25, -0.2) is 4.98 Å². The van der Waals surface area contributed by atoms with Crippen LogP contribution in [0.3, 0.4) is 0 Å². The standard InChI is InChI=1S/C19H22N2O2/c1-18(23)8-9-19(18)10-12-21(13-11-19)17(22)16-7-6-14-4-2-3-5-15(14)20-16/h2-7,23H,8-13H2,1H3. The number of piperidine rings is 1. The highest BCUT2D eigenvalue weighted by atomic mass is 16.3. The number of rotatable bonds is 1. The fraction of sp³-hybridized carbons (Fsp3) is 0.474. The fourth-order valence-corrected chi connectivity index (χ4v) is 4.11. The first-order chi connectivity index (χ1) is 11.0. The summed E-state index contributed by atoms with van der Waals surface area (Å²) in [6.07, 6.45) is 3.74. The summed E-state index contributed by atoms with van der Waals surface area (Å²) in [6, 6.07) is 11.6. The van der Waals surface area contributed by atoms with Gasteiger partial charge in [-0.2, -0.15) is 0 Å². The normalized spacial score (nSPS) is 26.3. The highest BCUT2D eigenvalue weighted by Gasteiger charge is 2.55. The van der Waals surface area contributed by atoms with Crippen LogP contribution in [0.4, 0.5) is 0 Å². The van der Waals surface area contributed by atoms with Crippen LogP contribution in [0.2, 0.25) is 0 Å². The topological polar surface area (TPSA) is 53.4 Å². The summed E-state index contributed by atoms with van der Waals surface area (Å²) < 4.78 is 0. The third-order valence-electron chi connectivity index (χ3n) is 6.06. The van der Waals surface area contributed by atoms with Gasteiger partial charge in [-0.3, -0.25) is 4.79 Å². The minimum atomic E-state index is -0.552. The van der Waals surface area contributed by atoms with Crippen LogP contribution in [0.1, 0.15) is 43.1 Å². The zero-order valence-corrected chi connectivity index (χ0v) is 13.5. The van der Waals surface area contributed by atoms with Gasteiger partial charge in [0.2, 0.25) is 0 Å². The second kappa shape index (κ2) is 5.03. The van der Waals surface area contributed by atoms with Crippen molar-refractivity contribution in [3.05, 3.63) is 42.1 Å². The number of likely N-dealkylation sites (tertiary alicyclic amines) is 1. The molecule has 2 aromatic rings. The van der Waals surface area contributed by atoms with Gasteiger partial charge in [-0.15, -0.1) is 0 Å². The van der Waals surface area contributed by atoms with Gasteiger partial charge < -0.3 is 10.0 Å². The molecule has 1 aliphatic carbocycles. The Morgan fingerprint density at radius 3 is 2.48 bits per heavy atom. The Labute approximate surface area is 136 Å². The summed E-state index contributed by atoms with van der Waals surface area (Å²) in [5, 5.41) is 11.5. The van der Waals surface area contributed by atoms with Crippen molar-refractivity contribution in [1.82, 2.24) is 9.88 Å². The van der Waals surface area contributed by atoms with E-state index in [9.17, 15) is 9.90 Å². The molecular formula is C19H22N2O2. The molecule has 1 saturated heterocycles. The largest absolute Gasteiger partial charge is 0.390 e. The molecule has 1 spiro atoms. The number of carbonyl (C=O) groups is 1. The molecule has 2 heterocycles. The van der Waals surface area contributed by atoms with Gasteiger partial charge in [0.15, 0.2) is 0 Å². The van der Waals surface area contributed by atoms with Gasteiger partial charge in [0, 0.05) is 23.9 Å². The molecule has 1 amide bonds. The number of hydrogen-bond donors (Lipinski definition) is 1. The Kier molecular flexibility index (Phi) is 3.20. The molecule has 2 aliphatic rings. The van der Waals surface area contributed by atoms with E-state index in [4.69, 9.17) is 0 Å². The van der Waals surface area contributed by atoms with Crippen molar-refractivity contribution in [2.45, 2.75) is 38.2 Å². The third-order valence-corrected chi connectivity index (χ3v) is 6.06. The number of carbonyl (C=O) groups excluding carboxylic acids is 1. The van der Waals surface area contributed by atoms with E-state index < -0.39 is 5.60 Å². The molecule has 1 aromatic heterocycles. The average molecular weight is 310 g/mol. The summed E-state index contributed by atoms with van der Waals surface area (Å²) in [5.41, 5.74) is 0.845. The molecule has 0 radical (unpaired) electrons. The fourth-order valence-electron chi connectivity index (χ4n) is 4.11. The minimum Gasteiger partial charge on any atom is -0.390 e. The number of fused-ring (bicyclic) bond motifs is 1. The molecule has 1 aromatic carbocycles. The SMILES string of the molecule is CC1(O)CCC12CCN(C(=O)c1ccc3ccccc3n1)CC2. The van der Waals surface area contributed by atoms with E-state index >= 15 is 0 Å². The number of hydrogen-bond acceptors (Lipinski definition) is 3. The lowest BCUT2D eigenvalue weighted by Gasteiger charge is -2.58. The van der Waals surface area contributed by atoms with E-state index in [0.29, 0.717) is 18.8 Å². The van der Waals surface area contributed by atoms with Crippen LogP contribution in [0.15, 0.2) is 36.4 Å². The summed E-state index contributed by atoms with van der Waals surface area (Å²) in [6.45, 7) is 3.37. The Bertz CT molecular complexity index is 761. The Morgan fingerprint density at radius 1 is 1.09 bits per heavy atom. The molecular weight excluding hydrogens is 288 g/mol. The van der Waals surface area contributed by atoms with Crippen molar-refractivity contribution in [1.29, 1.82) is 0 Å². The lowest BCUT2D eigenvalue weighted by atomic mass is 9.53. The van der Waals surface area contributed by atoms with E-state index in [0.717, 1.165) is 36.6 Å². The molecule has 1 saturated carbocycles. The molecule has 1 atom stereocenters. The number of aromatic nitrogens is 1. The lowest BCUT2D eigenvalue weighted by Crippen LogP contribution is -2.60. The Morgan fingerprint density at radius 2 is 1.83 bits per heavy atom. The first-order valence-corrected chi connectivity index (χ1v) is 8.38. The van der Waals surface area contributed by atoms with Crippen molar-refractivity contribution in [3.63, 3.8) is 0 Å². The number of amides is 1. The number of benzene rings is 1. The monoisotopic (exact) mass is 310 g/mol. The number of para-hydroxylation sites is 1. The Hall–Kier alpha value is -1.94. The molecule has 0 bridgehead atoms. The number of aliphatic hydroxyl groups is 1. The predicted molar refractivity (Wildman–Crippen MR) is 89.2 cm³/mol. The summed E-state index contributed by atoms with van der Waals surface area (Å²) in [5.74, 6) is 0.00423. The zero-order valence-electron chi connectivity index (χ0n) is 13.5. The van der Waals surface area contributed by atoms with E-state index in [1.807, 2.05) is 48.2 Å². The van der Waals surface area contributed by atoms with Crippen LogP contribution in [0.5, 0.6) is 0 Å². The molecule has 120 valence electrons. The molecule has 4 heteroatoms. The van der Waals surface area contributed by atoms with Gasteiger partial charge in [0.1, 0.15) is 5.69 Å². The highest BCUT2D eigenvalue weighted by Crippen LogP contribution is 2.56. The quantitative estimate of drug-likeness (QED) is 0.881. The van der Waals surface area contributed by atoms with E-state index in [1.165, 1.54) is 0 Å². The summed E-state index contributed by atoms with van der Waals surface area (Å²) in [4.78, 5) is 19.1. The van der Waals surface area contributed by atoms with Gasteiger partial charge in [0.25, 0.3) is 5.91 Å². The highest BCUT2D eigenvalue weighted by molar-refractivity contribution is 5.95. The van der Waals surface area contributed by atoms with Crippen molar-refractivity contribution in [2.24, 2.45) is 5.41 Å². The second-order valence-electron chi connectivity index (χ2n) is 7.24. The van der Waals surface area contributed by atoms with Crippen molar-refractivity contribution >= 4 is 16.8 Å². The van der Waals surface area contributed by atoms with Crippen LogP contribution in [0.25, 0.3) is 10.9 Å². The van der Waals surface area contributed by atoms with Crippen molar-refractivity contribution < 1.29 is 9.90 Å². The molecule has 4 rings (SSSR count). The maximum absolute atomic E-state index is 12.7. The van der Waals surface area contributed by atoms with Gasteiger partial charge in [-0.1, -0.05) is 24.3 Å². The Balaban J connectivity index is 1.51. The molecule has 1 aliphatic heterocycles. The lowest BCUT2D eigenvalue weighted by molar-refractivity contribution is -0.174. The molecule has 1 N–H and O–H groups in total. The van der Waals surface area contributed by atoms with Crippen LogP contribution in [0, 0.1) is 5.41 Å². The predicted octanol–water partition coefficient (Wildman–Crippen LogP) is 3.00. The first kappa shape index (κ1) is 14.6. The average Bonchev–Trinajstić information content (AvgIpc) is 2.60. The van der Waals surface area contributed by atoms with Crippen LogP contribution < -0.4 is 0 Å². The number of nitrogens with zero attached hydrogens (tertiary/aromatic N) is 2. The smallest absolute Gasteiger partial charge is 0.272 e. The third kappa shape index (κ3) is 2.24. The van der Waals surface area contributed by atoms with Crippen LogP contribution in [-0.2, 0) is 0 Å². The zero-order chi connectivity index (χ0) is 16.1. The molecule has 4 nitrogen and oxygen atoms in total. The molecule has 1 unspecified atom stereocenters. The first-order valence-electron chi connectivity index (χ1n) is 8.38. The van der Waals surface area contributed by atoms with E-state index in [1.54, 1.807) is 0 Å². The maximum atomic E-state index is 12.7. The second-order valence-corrected chi connectivity index (χ2v) is 7.24.